The number of carbonyl (C=O) groups excluding carboxylic acids is 3. The molecule has 0 spiro atoms. The molecule has 14 heavy (non-hydrogen) atoms. The quantitative estimate of drug-likeness (QED) is 0.493. The van der Waals surface area contributed by atoms with Crippen LogP contribution in [0.15, 0.2) is 0 Å². The maximum atomic E-state index is 10.1. The summed E-state index contributed by atoms with van der Waals surface area (Å²) in [5.74, 6) is -5.98. The minimum atomic E-state index is -2.97. The molecule has 0 saturated heterocycles. The molecule has 0 bridgehead atoms. The Labute approximate surface area is 116 Å². The predicted octanol–water partition coefficient (Wildman–Crippen LogP) is -5.63. The Morgan fingerprint density at radius 2 is 1.29 bits per heavy atom. The molecule has 0 aliphatic carbocycles. The fraction of sp³-hybridized carbons (Fsp3) is 0.500. The summed E-state index contributed by atoms with van der Waals surface area (Å²) < 4.78 is 0. The molecule has 0 atom stereocenters. The number of rotatable bonds is 5. The first-order chi connectivity index (χ1) is 5.78. The number of carbonyl (C=O) groups is 3. The van der Waals surface area contributed by atoms with Crippen molar-refractivity contribution < 1.29 is 34.8 Å². The second-order valence-corrected chi connectivity index (χ2v) is 2.42. The molecule has 0 aliphatic rings. The zero-order valence-corrected chi connectivity index (χ0v) is 10.5. The summed E-state index contributed by atoms with van der Waals surface area (Å²) >= 11 is 0. The van der Waals surface area contributed by atoms with Gasteiger partial charge in [-0.25, -0.2) is 0 Å². The van der Waals surface area contributed by atoms with Gasteiger partial charge in [0.2, 0.25) is 0 Å². The maximum Gasteiger partial charge on any atom is 2.00 e. The Morgan fingerprint density at radius 3 is 1.43 bits per heavy atom. The molecule has 0 aliphatic heterocycles. The van der Waals surface area contributed by atoms with Crippen molar-refractivity contribution in [3.63, 3.8) is 0 Å². The van der Waals surface area contributed by atoms with Gasteiger partial charge in [-0.3, -0.25) is 0 Å². The van der Waals surface area contributed by atoms with Crippen LogP contribution in [0, 0.1) is 0 Å². The topological polar surface area (TPSA) is 141 Å². The van der Waals surface area contributed by atoms with Gasteiger partial charge < -0.3 is 34.8 Å². The van der Waals surface area contributed by atoms with Gasteiger partial charge in [-0.05, 0) is 0 Å². The molecule has 7 nitrogen and oxygen atoms in total. The minimum absolute atomic E-state index is 0. The van der Waals surface area contributed by atoms with Crippen LogP contribution in [-0.2, 0) is 14.4 Å². The third-order valence-electron chi connectivity index (χ3n) is 1.25. The molecule has 0 fully saturated rings. The van der Waals surface area contributed by atoms with E-state index in [2.05, 4.69) is 0 Å². The molecule has 0 aromatic carbocycles. The van der Waals surface area contributed by atoms with Crippen molar-refractivity contribution in [2.24, 2.45) is 0 Å². The number of aliphatic carboxylic acids is 3. The smallest absolute Gasteiger partial charge is 0.550 e. The Morgan fingerprint density at radius 1 is 1.00 bits per heavy atom. The standard InChI is InChI=1S/C6H8O7.Sr/c7-3(8)1-6(13,5(11)12)2-4(9)10;/h13H,1-2H2,(H,7,8)(H,9,10)(H,11,12);/q;+2/p-3. The number of hydrogen-bond acceptors (Lipinski definition) is 7. The van der Waals surface area contributed by atoms with Crippen LogP contribution >= 0.6 is 0 Å². The summed E-state index contributed by atoms with van der Waals surface area (Å²) in [5.41, 5.74) is -2.97. The van der Waals surface area contributed by atoms with Crippen LogP contribution in [0.3, 0.4) is 0 Å². The van der Waals surface area contributed by atoms with E-state index in [1.54, 1.807) is 0 Å². The van der Waals surface area contributed by atoms with Crippen LogP contribution in [0.4, 0.5) is 0 Å². The first kappa shape index (κ1) is 16.3. The molecule has 74 valence electrons. The molecule has 0 aromatic heterocycles. The molecule has 0 amide bonds. The third-order valence-corrected chi connectivity index (χ3v) is 1.25. The van der Waals surface area contributed by atoms with E-state index < -0.39 is 36.4 Å². The van der Waals surface area contributed by atoms with E-state index in [1.165, 1.54) is 0 Å². The zero-order chi connectivity index (χ0) is 10.6. The van der Waals surface area contributed by atoms with Gasteiger partial charge in [-0.2, -0.15) is 0 Å². The predicted molar refractivity (Wildman–Crippen MR) is 35.0 cm³/mol. The van der Waals surface area contributed by atoms with E-state index in [4.69, 9.17) is 5.11 Å². The average Bonchev–Trinajstić information content (AvgIpc) is 1.82. The van der Waals surface area contributed by atoms with Gasteiger partial charge in [0.25, 0.3) is 0 Å². The molecule has 0 heterocycles. The Balaban J connectivity index is 0. The van der Waals surface area contributed by atoms with Crippen molar-refractivity contribution in [3.8, 4) is 0 Å². The fourth-order valence-electron chi connectivity index (χ4n) is 0.684. The monoisotopic (exact) mass is 277 g/mol. The van der Waals surface area contributed by atoms with Crippen LogP contribution in [0.2, 0.25) is 0 Å². The van der Waals surface area contributed by atoms with E-state index in [1.807, 2.05) is 0 Å². The average molecular weight is 277 g/mol. The van der Waals surface area contributed by atoms with Gasteiger partial charge in [0, 0.05) is 24.8 Å². The number of carboxylic acid groups (broad SMARTS) is 3. The van der Waals surface area contributed by atoms with Gasteiger partial charge in [0.1, 0.15) is 5.60 Å². The summed E-state index contributed by atoms with van der Waals surface area (Å²) in [5, 5.41) is 38.9. The zero-order valence-electron chi connectivity index (χ0n) is 7.02. The van der Waals surface area contributed by atoms with E-state index >= 15 is 0 Å². The number of carboxylic acids is 3. The molecule has 0 rings (SSSR count). The molecule has 0 aromatic rings. The Hall–Kier alpha value is -0.149. The van der Waals surface area contributed by atoms with Crippen LogP contribution in [-0.4, -0.2) is 74.1 Å². The maximum absolute atomic E-state index is 10.1. The van der Waals surface area contributed by atoms with Gasteiger partial charge in [0.15, 0.2) is 0 Å². The molecule has 1 N–H and O–H groups in total. The largest absolute Gasteiger partial charge is 2.00 e. The summed E-state index contributed by atoms with van der Waals surface area (Å²) in [6, 6.07) is 0. The molecular formula is C6H5O7Sr-. The Bertz CT molecular complexity index is 233. The second-order valence-electron chi connectivity index (χ2n) is 2.42. The molecule has 8 heteroatoms. The van der Waals surface area contributed by atoms with E-state index in [0.717, 1.165) is 0 Å². The molecular weight excluding hydrogens is 272 g/mol. The number of aliphatic hydroxyl groups is 1. The van der Waals surface area contributed by atoms with Crippen molar-refractivity contribution in [1.29, 1.82) is 0 Å². The van der Waals surface area contributed by atoms with Crippen LogP contribution in [0.1, 0.15) is 12.8 Å². The van der Waals surface area contributed by atoms with Crippen molar-refractivity contribution in [1.82, 2.24) is 0 Å². The van der Waals surface area contributed by atoms with Crippen LogP contribution < -0.4 is 15.3 Å². The summed E-state index contributed by atoms with van der Waals surface area (Å²) in [6.45, 7) is 0. The fourth-order valence-corrected chi connectivity index (χ4v) is 0.684. The van der Waals surface area contributed by atoms with Gasteiger partial charge in [0.05, 0.1) is 5.97 Å². The molecule has 0 saturated carbocycles. The first-order valence-corrected chi connectivity index (χ1v) is 3.11. The first-order valence-electron chi connectivity index (χ1n) is 3.11. The van der Waals surface area contributed by atoms with Crippen molar-refractivity contribution in [3.05, 3.63) is 0 Å². The minimum Gasteiger partial charge on any atom is -0.550 e. The summed E-state index contributed by atoms with van der Waals surface area (Å²) in [7, 11) is 0. The van der Waals surface area contributed by atoms with Crippen LogP contribution in [0.25, 0.3) is 0 Å². The number of hydrogen-bond donors (Lipinski definition) is 1. The normalized spacial score (nSPS) is 10.1. The molecule has 0 radical (unpaired) electrons. The van der Waals surface area contributed by atoms with Crippen LogP contribution in [0.5, 0.6) is 0 Å². The summed E-state index contributed by atoms with van der Waals surface area (Å²) in [6.07, 6.45) is -2.72. The van der Waals surface area contributed by atoms with Crippen molar-refractivity contribution in [2.75, 3.05) is 0 Å². The molecule has 0 unspecified atom stereocenters. The Kier molecular flexibility index (Phi) is 7.39. The van der Waals surface area contributed by atoms with E-state index in [0.29, 0.717) is 0 Å². The SMILES string of the molecule is O=C([O-])CC(O)(CC(=O)[O-])C(=O)[O-].[Sr+2]. The third kappa shape index (κ3) is 5.55. The van der Waals surface area contributed by atoms with E-state index in [-0.39, 0.29) is 45.5 Å². The van der Waals surface area contributed by atoms with E-state index in [9.17, 15) is 29.7 Å². The van der Waals surface area contributed by atoms with Crippen molar-refractivity contribution >= 4 is 63.4 Å². The van der Waals surface area contributed by atoms with Gasteiger partial charge in [-0.15, -0.1) is 0 Å². The van der Waals surface area contributed by atoms with Crippen molar-refractivity contribution in [2.45, 2.75) is 18.4 Å². The second kappa shape index (κ2) is 6.36. The summed E-state index contributed by atoms with van der Waals surface area (Å²) in [4.78, 5) is 30.0. The van der Waals surface area contributed by atoms with Gasteiger partial charge in [-0.1, -0.05) is 0 Å². The van der Waals surface area contributed by atoms with Gasteiger partial charge >= 0.3 is 45.5 Å².